The first-order chi connectivity index (χ1) is 18.3. The number of pyridine rings is 1. The molecule has 0 radical (unpaired) electrons. The minimum atomic E-state index is -5.22. The van der Waals surface area contributed by atoms with Gasteiger partial charge in [-0.2, -0.15) is 23.2 Å². The number of sulfonamides is 1. The normalized spacial score (nSPS) is 13.2. The minimum Gasteiger partial charge on any atom is -0.487 e. The molecule has 2 aromatic carbocycles. The Morgan fingerprint density at radius 3 is 2.33 bits per heavy atom. The Bertz CT molecular complexity index is 1690. The predicted molar refractivity (Wildman–Crippen MR) is 135 cm³/mol. The second kappa shape index (κ2) is 11.1. The zero-order chi connectivity index (χ0) is 28.4. The maximum Gasteiger partial charge on any atom is 0.419 e. The monoisotopic (exact) mass is 598 g/mol. The lowest BCUT2D eigenvalue weighted by Crippen LogP contribution is -2.35. The first kappa shape index (κ1) is 28.7. The molecule has 3 N–H and O–H groups in total. The highest BCUT2D eigenvalue weighted by molar-refractivity contribution is 7.92. The van der Waals surface area contributed by atoms with E-state index in [0.29, 0.717) is 6.54 Å². The Hall–Kier alpha value is -3.31. The van der Waals surface area contributed by atoms with E-state index in [1.54, 1.807) is 39.9 Å². The molecule has 1 unspecified atom stereocenters. The fourth-order valence-electron chi connectivity index (χ4n) is 3.82. The number of halogens is 3. The van der Waals surface area contributed by atoms with Crippen molar-refractivity contribution in [2.75, 3.05) is 6.61 Å². The minimum absolute atomic E-state index is 0.0554. The van der Waals surface area contributed by atoms with Crippen molar-refractivity contribution in [2.24, 2.45) is 0 Å². The van der Waals surface area contributed by atoms with Gasteiger partial charge in [0.05, 0.1) is 17.2 Å². The summed E-state index contributed by atoms with van der Waals surface area (Å²) in [6, 6.07) is 16.1. The summed E-state index contributed by atoms with van der Waals surface area (Å²) in [4.78, 5) is 19.6. The molecule has 204 valence electrons. The summed E-state index contributed by atoms with van der Waals surface area (Å²) in [5.74, 6) is -2.08. The Balaban J connectivity index is 1.78. The lowest BCUT2D eigenvalue weighted by molar-refractivity contribution is -0.697. The number of thiophene rings is 1. The van der Waals surface area contributed by atoms with Crippen molar-refractivity contribution in [3.05, 3.63) is 89.7 Å². The molecule has 0 bridgehead atoms. The van der Waals surface area contributed by atoms with E-state index >= 15 is 0 Å². The zero-order valence-electron chi connectivity index (χ0n) is 19.7. The molecule has 0 saturated carbocycles. The Morgan fingerprint density at radius 1 is 1.10 bits per heavy atom. The van der Waals surface area contributed by atoms with Crippen LogP contribution < -0.4 is 14.0 Å². The van der Waals surface area contributed by atoms with E-state index in [4.69, 9.17) is 4.74 Å². The standard InChI is InChI=1S/C24H19F3N3O6PS2/c25-24(26,27)21-20-17(15-28)13-18(36-12-11-30-9-5-2-6-10-30)14-19(20)38-23(21)39(34,35)29-22(37(31,32)33)16-7-3-1-4-8-16/h1-10,13-14,22,29H,11-12H2,(H-,31,32,33)/p+1. The molecule has 9 nitrogen and oxygen atoms in total. The van der Waals surface area contributed by atoms with Gasteiger partial charge in [0.2, 0.25) is 0 Å². The lowest BCUT2D eigenvalue weighted by atomic mass is 10.1. The number of rotatable bonds is 9. The number of fused-ring (bicyclic) bond motifs is 1. The molecule has 0 aliphatic heterocycles. The summed E-state index contributed by atoms with van der Waals surface area (Å²) in [5.41, 5.74) is -2.21. The van der Waals surface area contributed by atoms with Gasteiger partial charge in [0, 0.05) is 22.2 Å². The number of nitriles is 1. The van der Waals surface area contributed by atoms with Crippen molar-refractivity contribution in [3.8, 4) is 11.8 Å². The van der Waals surface area contributed by atoms with Crippen LogP contribution in [0.1, 0.15) is 22.5 Å². The highest BCUT2D eigenvalue weighted by Crippen LogP contribution is 2.52. The molecule has 15 heteroatoms. The summed E-state index contributed by atoms with van der Waals surface area (Å²) in [5, 5.41) is 8.98. The summed E-state index contributed by atoms with van der Waals surface area (Å²) in [6.45, 7) is 0.502. The van der Waals surface area contributed by atoms with E-state index in [1.165, 1.54) is 36.4 Å². The predicted octanol–water partition coefficient (Wildman–Crippen LogP) is 4.31. The van der Waals surface area contributed by atoms with Crippen LogP contribution in [0.2, 0.25) is 0 Å². The third kappa shape index (κ3) is 6.47. The van der Waals surface area contributed by atoms with Crippen molar-refractivity contribution in [3.63, 3.8) is 0 Å². The topological polar surface area (TPSA) is 141 Å². The third-order valence-corrected chi connectivity index (χ3v) is 9.85. The van der Waals surface area contributed by atoms with E-state index in [1.807, 2.05) is 6.07 Å². The van der Waals surface area contributed by atoms with Gasteiger partial charge in [0.15, 0.2) is 18.9 Å². The number of aromatic nitrogens is 1. The molecule has 0 saturated heterocycles. The highest BCUT2D eigenvalue weighted by Gasteiger charge is 2.44. The average molecular weight is 599 g/mol. The van der Waals surface area contributed by atoms with Gasteiger partial charge in [-0.15, -0.1) is 11.3 Å². The third-order valence-electron chi connectivity index (χ3n) is 5.49. The van der Waals surface area contributed by atoms with E-state index in [2.05, 4.69) is 0 Å². The van der Waals surface area contributed by atoms with E-state index in [0.717, 1.165) is 6.07 Å². The quantitative estimate of drug-likeness (QED) is 0.193. The van der Waals surface area contributed by atoms with Crippen molar-refractivity contribution < 1.29 is 45.2 Å². The summed E-state index contributed by atoms with van der Waals surface area (Å²) in [6.07, 6.45) is -1.65. The van der Waals surface area contributed by atoms with Crippen LogP contribution in [0, 0.1) is 11.3 Å². The van der Waals surface area contributed by atoms with Crippen LogP contribution in [0.4, 0.5) is 13.2 Å². The number of nitrogens with one attached hydrogen (secondary N) is 1. The van der Waals surface area contributed by atoms with Gasteiger partial charge in [-0.3, -0.25) is 4.57 Å². The summed E-state index contributed by atoms with van der Waals surface area (Å²) >= 11 is 0.219. The molecular weight excluding hydrogens is 578 g/mol. The SMILES string of the molecule is N#Cc1cc(OCC[n+]2ccccc2)cc2sc(S(=O)(=O)NC(c3ccccc3)P(=O)(O)O)c(C(F)(F)F)c12. The van der Waals surface area contributed by atoms with Crippen LogP contribution in [0.15, 0.2) is 77.3 Å². The summed E-state index contributed by atoms with van der Waals surface area (Å²) in [7, 11) is -10.4. The number of nitrogens with zero attached hydrogens (tertiary/aromatic N) is 2. The second-order valence-electron chi connectivity index (χ2n) is 8.20. The van der Waals surface area contributed by atoms with Crippen molar-refractivity contribution >= 4 is 39.0 Å². The van der Waals surface area contributed by atoms with E-state index < -0.39 is 50.3 Å². The van der Waals surface area contributed by atoms with Crippen LogP contribution in [-0.2, 0) is 27.3 Å². The second-order valence-corrected chi connectivity index (χ2v) is 12.9. The van der Waals surface area contributed by atoms with Crippen LogP contribution in [-0.4, -0.2) is 24.8 Å². The molecule has 4 aromatic rings. The number of hydrogen-bond donors (Lipinski definition) is 3. The fraction of sp³-hybridized carbons (Fsp3) is 0.167. The van der Waals surface area contributed by atoms with E-state index in [9.17, 15) is 41.2 Å². The van der Waals surface area contributed by atoms with Crippen molar-refractivity contribution in [1.82, 2.24) is 4.72 Å². The van der Waals surface area contributed by atoms with Gasteiger partial charge in [-0.25, -0.2) is 13.0 Å². The van der Waals surface area contributed by atoms with Crippen molar-refractivity contribution in [2.45, 2.75) is 22.7 Å². The molecule has 0 aliphatic rings. The molecule has 1 atom stereocenters. The van der Waals surface area contributed by atoms with Gasteiger partial charge in [0.25, 0.3) is 10.0 Å². The maximum atomic E-state index is 14.3. The van der Waals surface area contributed by atoms with Gasteiger partial charge in [0.1, 0.15) is 22.3 Å². The van der Waals surface area contributed by atoms with Gasteiger partial charge >= 0.3 is 13.8 Å². The highest BCUT2D eigenvalue weighted by atomic mass is 32.2. The molecule has 0 fully saturated rings. The Labute approximate surface area is 224 Å². The molecule has 39 heavy (non-hydrogen) atoms. The fourth-order valence-corrected chi connectivity index (χ4v) is 8.23. The van der Waals surface area contributed by atoms with Gasteiger partial charge in [-0.1, -0.05) is 36.4 Å². The molecule has 2 aromatic heterocycles. The van der Waals surface area contributed by atoms with Crippen molar-refractivity contribution in [1.29, 1.82) is 5.26 Å². The largest absolute Gasteiger partial charge is 0.487 e. The average Bonchev–Trinajstić information content (AvgIpc) is 3.29. The van der Waals surface area contributed by atoms with Gasteiger partial charge in [-0.05, 0) is 17.7 Å². The summed E-state index contributed by atoms with van der Waals surface area (Å²) < 4.78 is 89.2. The molecular formula is C24H20F3N3O6PS2+. The number of ether oxygens (including phenoxy) is 1. The Kier molecular flexibility index (Phi) is 8.13. The number of benzene rings is 2. The zero-order valence-corrected chi connectivity index (χ0v) is 22.3. The molecule has 0 aliphatic carbocycles. The number of alkyl halides is 3. The van der Waals surface area contributed by atoms with Crippen LogP contribution in [0.5, 0.6) is 5.75 Å². The molecule has 2 heterocycles. The number of hydrogen-bond acceptors (Lipinski definition) is 6. The van der Waals surface area contributed by atoms with Gasteiger partial charge < -0.3 is 14.5 Å². The molecule has 0 spiro atoms. The van der Waals surface area contributed by atoms with Crippen LogP contribution in [0.3, 0.4) is 0 Å². The van der Waals surface area contributed by atoms with E-state index in [-0.39, 0.29) is 34.0 Å². The maximum absolute atomic E-state index is 14.3. The Morgan fingerprint density at radius 2 is 1.74 bits per heavy atom. The smallest absolute Gasteiger partial charge is 0.419 e. The van der Waals surface area contributed by atoms with Crippen LogP contribution >= 0.6 is 18.9 Å². The van der Waals surface area contributed by atoms with Crippen LogP contribution in [0.25, 0.3) is 10.1 Å². The lowest BCUT2D eigenvalue weighted by Gasteiger charge is -2.20. The molecule has 0 amide bonds. The first-order valence-electron chi connectivity index (χ1n) is 11.1. The first-order valence-corrected chi connectivity index (χ1v) is 15.1. The molecule has 4 rings (SSSR count).